The van der Waals surface area contributed by atoms with Gasteiger partial charge in [0.2, 0.25) is 0 Å². The maximum absolute atomic E-state index is 13.7. The van der Waals surface area contributed by atoms with Crippen LogP contribution in [-0.4, -0.2) is 21.1 Å². The highest BCUT2D eigenvalue weighted by Crippen LogP contribution is 2.37. The molecular formula is C23H21ClN4O2S2. The highest BCUT2D eigenvalue weighted by Gasteiger charge is 2.25. The predicted octanol–water partition coefficient (Wildman–Crippen LogP) is 4.64. The van der Waals surface area contributed by atoms with Gasteiger partial charge in [-0.1, -0.05) is 30.3 Å². The summed E-state index contributed by atoms with van der Waals surface area (Å²) in [5.74, 6) is 0.135. The van der Waals surface area contributed by atoms with Crippen molar-refractivity contribution in [2.45, 2.75) is 38.3 Å². The number of fused-ring (bicyclic) bond motifs is 3. The number of carbonyl (C=O) groups excluding carboxylic acids is 1. The van der Waals surface area contributed by atoms with Crippen LogP contribution in [0.25, 0.3) is 15.9 Å². The fraction of sp³-hybridized carbons (Fsp3) is 0.304. The maximum Gasteiger partial charge on any atom is 0.267 e. The maximum atomic E-state index is 13.7. The Morgan fingerprint density at radius 3 is 2.78 bits per heavy atom. The largest absolute Gasteiger partial charge is 0.401 e. The van der Waals surface area contributed by atoms with E-state index < -0.39 is 5.78 Å². The first-order valence-electron chi connectivity index (χ1n) is 10.2. The Balaban J connectivity index is 1.85. The number of benzene rings is 1. The third-order valence-electron chi connectivity index (χ3n) is 5.50. The van der Waals surface area contributed by atoms with E-state index in [0.29, 0.717) is 32.0 Å². The van der Waals surface area contributed by atoms with E-state index in [1.54, 1.807) is 35.6 Å². The lowest BCUT2D eigenvalue weighted by atomic mass is 9.89. The van der Waals surface area contributed by atoms with Gasteiger partial charge in [-0.2, -0.15) is 5.26 Å². The van der Waals surface area contributed by atoms with Crippen LogP contribution in [0.2, 0.25) is 5.02 Å². The second-order valence-corrected chi connectivity index (χ2v) is 10.4. The number of Topliss-reactive ketones (excluding diaryl/α,β-unsaturated/α-hetero) is 1. The Bertz CT molecular complexity index is 1350. The summed E-state index contributed by atoms with van der Waals surface area (Å²) in [4.78, 5) is 32.9. The van der Waals surface area contributed by atoms with Gasteiger partial charge in [0.15, 0.2) is 10.9 Å². The quantitative estimate of drug-likeness (QED) is 0.245. The molecule has 3 aromatic rings. The van der Waals surface area contributed by atoms with Crippen molar-refractivity contribution >= 4 is 50.7 Å². The molecule has 32 heavy (non-hydrogen) atoms. The highest BCUT2D eigenvalue weighted by atomic mass is 35.5. The molecular weight excluding hydrogens is 464 g/mol. The number of hydrogen-bond acceptors (Lipinski definition) is 7. The molecule has 1 unspecified atom stereocenters. The molecule has 1 aliphatic carbocycles. The predicted molar refractivity (Wildman–Crippen MR) is 130 cm³/mol. The number of allylic oxidation sites excluding steroid dienone is 2. The van der Waals surface area contributed by atoms with Crippen LogP contribution in [0.15, 0.2) is 45.5 Å². The second-order valence-electron chi connectivity index (χ2n) is 7.92. The zero-order valence-electron chi connectivity index (χ0n) is 17.6. The number of rotatable bonds is 5. The van der Waals surface area contributed by atoms with E-state index in [-0.39, 0.29) is 22.6 Å². The van der Waals surface area contributed by atoms with Crippen LogP contribution in [-0.2, 0) is 17.6 Å². The van der Waals surface area contributed by atoms with E-state index in [1.807, 2.05) is 6.07 Å². The Labute approximate surface area is 198 Å². The van der Waals surface area contributed by atoms with Crippen molar-refractivity contribution in [1.82, 2.24) is 9.55 Å². The highest BCUT2D eigenvalue weighted by molar-refractivity contribution is 7.99. The summed E-state index contributed by atoms with van der Waals surface area (Å²) in [6, 6.07) is 8.80. The molecule has 0 radical (unpaired) electrons. The number of nitrogens with two attached hydrogens (primary N) is 1. The minimum Gasteiger partial charge on any atom is -0.401 e. The van der Waals surface area contributed by atoms with Gasteiger partial charge in [0.25, 0.3) is 5.56 Å². The number of thiophene rings is 1. The van der Waals surface area contributed by atoms with Crippen molar-refractivity contribution in [3.8, 4) is 11.8 Å². The van der Waals surface area contributed by atoms with Crippen LogP contribution < -0.4 is 11.3 Å². The summed E-state index contributed by atoms with van der Waals surface area (Å²) in [6.07, 6.45) is 2.86. The first-order valence-corrected chi connectivity index (χ1v) is 12.3. The van der Waals surface area contributed by atoms with Crippen LogP contribution in [0, 0.1) is 17.2 Å². The molecule has 0 saturated heterocycles. The number of nitriles is 1. The number of aromatic nitrogens is 2. The molecule has 0 bridgehead atoms. The van der Waals surface area contributed by atoms with Crippen LogP contribution in [0.1, 0.15) is 30.7 Å². The fourth-order valence-corrected chi connectivity index (χ4v) is 6.29. The van der Waals surface area contributed by atoms with Crippen molar-refractivity contribution in [1.29, 1.82) is 5.26 Å². The van der Waals surface area contributed by atoms with Crippen LogP contribution in [0.3, 0.4) is 0 Å². The number of carbonyl (C=O) groups is 1. The Kier molecular flexibility index (Phi) is 6.42. The van der Waals surface area contributed by atoms with Crippen molar-refractivity contribution in [2.24, 2.45) is 11.7 Å². The normalized spacial score (nSPS) is 16.4. The summed E-state index contributed by atoms with van der Waals surface area (Å²) in [5, 5.41) is 10.8. The van der Waals surface area contributed by atoms with E-state index >= 15 is 0 Å². The van der Waals surface area contributed by atoms with Crippen molar-refractivity contribution in [3.05, 3.63) is 61.4 Å². The smallest absolute Gasteiger partial charge is 0.267 e. The molecule has 2 heterocycles. The third kappa shape index (κ3) is 4.20. The number of hydrogen-bond donors (Lipinski definition) is 1. The minimum atomic E-state index is -0.395. The van der Waals surface area contributed by atoms with E-state index in [0.717, 1.165) is 36.6 Å². The first-order chi connectivity index (χ1) is 15.3. The Hall–Kier alpha value is -2.60. The van der Waals surface area contributed by atoms with Crippen LogP contribution in [0.5, 0.6) is 0 Å². The SMILES string of the molecule is C/C(N)=C(/C#N)C(=O)CSc1nc2sc3c(c2c(=O)n1-c1ccc(Cl)cc1)CCC(C)C3. The lowest BCUT2D eigenvalue weighted by Crippen LogP contribution is -2.23. The zero-order chi connectivity index (χ0) is 23.0. The van der Waals surface area contributed by atoms with Gasteiger partial charge in [-0.25, -0.2) is 4.98 Å². The molecule has 1 aromatic carbocycles. The molecule has 6 nitrogen and oxygen atoms in total. The average molecular weight is 485 g/mol. The van der Waals surface area contributed by atoms with Crippen molar-refractivity contribution in [2.75, 3.05) is 5.75 Å². The number of nitrogens with zero attached hydrogens (tertiary/aromatic N) is 3. The molecule has 0 spiro atoms. The number of aryl methyl sites for hydroxylation is 1. The van der Waals surface area contributed by atoms with Gasteiger partial charge in [-0.3, -0.25) is 14.2 Å². The van der Waals surface area contributed by atoms with Crippen LogP contribution in [0.4, 0.5) is 0 Å². The van der Waals surface area contributed by atoms with Gasteiger partial charge >= 0.3 is 0 Å². The molecule has 4 rings (SSSR count). The molecule has 0 aliphatic heterocycles. The Morgan fingerprint density at radius 1 is 1.41 bits per heavy atom. The Morgan fingerprint density at radius 2 is 2.12 bits per heavy atom. The van der Waals surface area contributed by atoms with E-state index in [1.165, 1.54) is 16.4 Å². The monoisotopic (exact) mass is 484 g/mol. The summed E-state index contributed by atoms with van der Waals surface area (Å²) >= 11 is 8.74. The molecule has 0 fully saturated rings. The van der Waals surface area contributed by atoms with Crippen molar-refractivity contribution in [3.63, 3.8) is 0 Å². The number of ketones is 1. The van der Waals surface area contributed by atoms with Gasteiger partial charge in [-0.15, -0.1) is 11.3 Å². The molecule has 9 heteroatoms. The van der Waals surface area contributed by atoms with Crippen LogP contribution >= 0.6 is 34.7 Å². The molecule has 1 aliphatic rings. The summed E-state index contributed by atoms with van der Waals surface area (Å²) in [6.45, 7) is 3.74. The standard InChI is InChI=1S/C23H21ClN4O2S2/c1-12-3-8-16-19(9-12)32-21-20(16)22(30)28(15-6-4-14(24)5-7-15)23(27-21)31-11-18(29)17(10-25)13(2)26/h4-7,12H,3,8-9,11,26H2,1-2H3/b17-13+. The van der Waals surface area contributed by atoms with Gasteiger partial charge in [0.1, 0.15) is 16.5 Å². The minimum absolute atomic E-state index is 0.0505. The van der Waals surface area contributed by atoms with Gasteiger partial charge in [-0.05, 0) is 61.9 Å². The average Bonchev–Trinajstić information content (AvgIpc) is 3.11. The van der Waals surface area contributed by atoms with E-state index in [2.05, 4.69) is 6.92 Å². The van der Waals surface area contributed by atoms with Gasteiger partial charge in [0.05, 0.1) is 16.8 Å². The second kappa shape index (κ2) is 9.10. The van der Waals surface area contributed by atoms with E-state index in [4.69, 9.17) is 22.3 Å². The molecule has 164 valence electrons. The summed E-state index contributed by atoms with van der Waals surface area (Å²) < 4.78 is 1.53. The summed E-state index contributed by atoms with van der Waals surface area (Å²) in [5.41, 5.74) is 7.35. The molecule has 2 aromatic heterocycles. The molecule has 1 atom stereocenters. The van der Waals surface area contributed by atoms with Gasteiger partial charge < -0.3 is 5.73 Å². The molecule has 0 amide bonds. The van der Waals surface area contributed by atoms with E-state index in [9.17, 15) is 14.9 Å². The molecule has 2 N–H and O–H groups in total. The first kappa shape index (κ1) is 22.6. The zero-order valence-corrected chi connectivity index (χ0v) is 20.0. The van der Waals surface area contributed by atoms with Gasteiger partial charge in [0, 0.05) is 15.6 Å². The van der Waals surface area contributed by atoms with Crippen molar-refractivity contribution < 1.29 is 4.79 Å². The molecule has 0 saturated carbocycles. The fourth-order valence-electron chi connectivity index (χ4n) is 3.86. The summed E-state index contributed by atoms with van der Waals surface area (Å²) in [7, 11) is 0. The lowest BCUT2D eigenvalue weighted by molar-refractivity contribution is -0.112. The lowest BCUT2D eigenvalue weighted by Gasteiger charge is -2.17. The third-order valence-corrected chi connectivity index (χ3v) is 7.84. The topological polar surface area (TPSA) is 102 Å². The number of halogens is 1. The number of thioether (sulfide) groups is 1.